The van der Waals surface area contributed by atoms with E-state index in [4.69, 9.17) is 4.74 Å². The topological polar surface area (TPSA) is 105 Å². The first kappa shape index (κ1) is 19.3. The molecule has 1 aliphatic heterocycles. The third-order valence-corrected chi connectivity index (χ3v) is 5.65. The number of halogens is 1. The molecule has 0 spiro atoms. The van der Waals surface area contributed by atoms with Gasteiger partial charge in [-0.3, -0.25) is 9.59 Å². The van der Waals surface area contributed by atoms with Crippen LogP contribution in [-0.4, -0.2) is 57.5 Å². The maximum Gasteiger partial charge on any atom is 0.309 e. The molecule has 1 aliphatic rings. The molecule has 0 radical (unpaired) electrons. The van der Waals surface area contributed by atoms with E-state index in [9.17, 15) is 22.4 Å². The SMILES string of the molecule is CNC(=O)C(=O)NCC1OCCCN1S(=O)(=O)c1ccc(F)c(C)c1. The molecule has 1 atom stereocenters. The van der Waals surface area contributed by atoms with Gasteiger partial charge in [-0.25, -0.2) is 12.8 Å². The summed E-state index contributed by atoms with van der Waals surface area (Å²) in [5.41, 5.74) is 0.212. The van der Waals surface area contributed by atoms with Crippen LogP contribution in [0.2, 0.25) is 0 Å². The molecule has 8 nitrogen and oxygen atoms in total. The fraction of sp³-hybridized carbons (Fsp3) is 0.467. The summed E-state index contributed by atoms with van der Waals surface area (Å²) in [6.07, 6.45) is -0.461. The van der Waals surface area contributed by atoms with Gasteiger partial charge in [-0.15, -0.1) is 0 Å². The fourth-order valence-electron chi connectivity index (χ4n) is 2.39. The van der Waals surface area contributed by atoms with Crippen LogP contribution in [0.1, 0.15) is 12.0 Å². The van der Waals surface area contributed by atoms with E-state index in [2.05, 4.69) is 10.6 Å². The standard InChI is InChI=1S/C15H20FN3O5S/c1-10-8-11(4-5-12(10)16)25(22,23)19-6-3-7-24-13(19)9-18-15(21)14(20)17-2/h4-5,8,13H,3,6-7,9H2,1-2H3,(H,17,20)(H,18,21). The lowest BCUT2D eigenvalue weighted by molar-refractivity contribution is -0.139. The van der Waals surface area contributed by atoms with Crippen molar-refractivity contribution in [2.45, 2.75) is 24.5 Å². The second-order valence-electron chi connectivity index (χ2n) is 5.49. The van der Waals surface area contributed by atoms with Gasteiger partial charge in [0.05, 0.1) is 18.0 Å². The summed E-state index contributed by atoms with van der Waals surface area (Å²) >= 11 is 0. The number of nitrogens with one attached hydrogen (secondary N) is 2. The average Bonchev–Trinajstić information content (AvgIpc) is 2.61. The van der Waals surface area contributed by atoms with Crippen LogP contribution in [-0.2, 0) is 24.3 Å². The van der Waals surface area contributed by atoms with Crippen molar-refractivity contribution in [3.05, 3.63) is 29.6 Å². The van der Waals surface area contributed by atoms with Crippen molar-refractivity contribution in [3.63, 3.8) is 0 Å². The van der Waals surface area contributed by atoms with E-state index in [1.165, 1.54) is 26.1 Å². The van der Waals surface area contributed by atoms with Crippen molar-refractivity contribution in [1.82, 2.24) is 14.9 Å². The molecule has 25 heavy (non-hydrogen) atoms. The molecule has 0 aliphatic carbocycles. The molecule has 2 rings (SSSR count). The molecule has 1 aromatic rings. The Kier molecular flexibility index (Phi) is 6.09. The van der Waals surface area contributed by atoms with Gasteiger partial charge in [-0.1, -0.05) is 0 Å². The van der Waals surface area contributed by atoms with E-state index in [0.29, 0.717) is 13.0 Å². The first-order chi connectivity index (χ1) is 11.8. The molecule has 1 fully saturated rings. The third-order valence-electron chi connectivity index (χ3n) is 3.76. The van der Waals surface area contributed by atoms with Gasteiger partial charge in [0.2, 0.25) is 10.0 Å². The first-order valence-corrected chi connectivity index (χ1v) is 9.11. The zero-order valence-corrected chi connectivity index (χ0v) is 14.7. The van der Waals surface area contributed by atoms with Gasteiger partial charge in [0, 0.05) is 13.6 Å². The predicted octanol–water partition coefficient (Wildman–Crippen LogP) is -0.267. The van der Waals surface area contributed by atoms with E-state index in [-0.39, 0.29) is 23.5 Å². The summed E-state index contributed by atoms with van der Waals surface area (Å²) in [7, 11) is -2.62. The lowest BCUT2D eigenvalue weighted by Gasteiger charge is -2.34. The molecule has 2 amide bonds. The van der Waals surface area contributed by atoms with Gasteiger partial charge < -0.3 is 15.4 Å². The molecule has 1 aromatic carbocycles. The molecule has 2 N–H and O–H groups in total. The normalized spacial score (nSPS) is 18.6. The molecule has 1 heterocycles. The second kappa shape index (κ2) is 7.89. The highest BCUT2D eigenvalue weighted by Gasteiger charge is 2.35. The number of amides is 2. The van der Waals surface area contributed by atoms with Crippen LogP contribution >= 0.6 is 0 Å². The third kappa shape index (κ3) is 4.33. The number of carbonyl (C=O) groups excluding carboxylic acids is 2. The predicted molar refractivity (Wildman–Crippen MR) is 86.5 cm³/mol. The Labute approximate surface area is 145 Å². The monoisotopic (exact) mass is 373 g/mol. The summed E-state index contributed by atoms with van der Waals surface area (Å²) in [6.45, 7) is 1.82. The number of carbonyl (C=O) groups is 2. The average molecular weight is 373 g/mol. The largest absolute Gasteiger partial charge is 0.360 e. The number of benzene rings is 1. The lowest BCUT2D eigenvalue weighted by atomic mass is 10.2. The van der Waals surface area contributed by atoms with Crippen molar-refractivity contribution < 1.29 is 27.1 Å². The Balaban J connectivity index is 2.19. The van der Waals surface area contributed by atoms with E-state index < -0.39 is 33.9 Å². The summed E-state index contributed by atoms with van der Waals surface area (Å²) in [4.78, 5) is 22.7. The Bertz CT molecular complexity index is 768. The maximum atomic E-state index is 13.4. The van der Waals surface area contributed by atoms with E-state index in [1.54, 1.807) is 0 Å². The van der Waals surface area contributed by atoms with Crippen LogP contribution in [0.5, 0.6) is 0 Å². The van der Waals surface area contributed by atoms with Gasteiger partial charge in [0.25, 0.3) is 0 Å². The highest BCUT2D eigenvalue weighted by molar-refractivity contribution is 7.89. The molecule has 0 saturated carbocycles. The zero-order valence-electron chi connectivity index (χ0n) is 13.9. The molecular formula is C15H20FN3O5S. The summed E-state index contributed by atoms with van der Waals surface area (Å²) in [5.74, 6) is -2.21. The minimum absolute atomic E-state index is 0.0560. The van der Waals surface area contributed by atoms with Gasteiger partial charge in [-0.2, -0.15) is 4.31 Å². The number of likely N-dealkylation sites (N-methyl/N-ethyl adjacent to an activating group) is 1. The smallest absolute Gasteiger partial charge is 0.309 e. The van der Waals surface area contributed by atoms with Gasteiger partial charge in [0.15, 0.2) is 0 Å². The number of ether oxygens (including phenoxy) is 1. The molecule has 10 heteroatoms. The van der Waals surface area contributed by atoms with Crippen molar-refractivity contribution in [1.29, 1.82) is 0 Å². The quantitative estimate of drug-likeness (QED) is 0.707. The van der Waals surface area contributed by atoms with Crippen LogP contribution in [0.4, 0.5) is 4.39 Å². The molecular weight excluding hydrogens is 353 g/mol. The van der Waals surface area contributed by atoms with Crippen molar-refractivity contribution in [3.8, 4) is 0 Å². The summed E-state index contributed by atoms with van der Waals surface area (Å²) in [5, 5.41) is 4.51. The van der Waals surface area contributed by atoms with Gasteiger partial charge in [0.1, 0.15) is 12.0 Å². The van der Waals surface area contributed by atoms with Crippen molar-refractivity contribution in [2.75, 3.05) is 26.7 Å². The van der Waals surface area contributed by atoms with Gasteiger partial charge in [-0.05, 0) is 37.1 Å². The number of rotatable bonds is 4. The fourth-order valence-corrected chi connectivity index (χ4v) is 4.04. The van der Waals surface area contributed by atoms with Crippen LogP contribution in [0.15, 0.2) is 23.1 Å². The van der Waals surface area contributed by atoms with E-state index in [0.717, 1.165) is 10.4 Å². The Morgan fingerprint density at radius 2 is 2.08 bits per heavy atom. The highest BCUT2D eigenvalue weighted by Crippen LogP contribution is 2.23. The van der Waals surface area contributed by atoms with Crippen LogP contribution in [0.3, 0.4) is 0 Å². The zero-order chi connectivity index (χ0) is 18.6. The molecule has 138 valence electrons. The minimum Gasteiger partial charge on any atom is -0.360 e. The lowest BCUT2D eigenvalue weighted by Crippen LogP contribution is -2.52. The number of hydrogen-bond donors (Lipinski definition) is 2. The number of hydrogen-bond acceptors (Lipinski definition) is 5. The Morgan fingerprint density at radius 3 is 2.72 bits per heavy atom. The van der Waals surface area contributed by atoms with Crippen molar-refractivity contribution in [2.24, 2.45) is 0 Å². The molecule has 0 aromatic heterocycles. The van der Waals surface area contributed by atoms with Crippen LogP contribution in [0.25, 0.3) is 0 Å². The maximum absolute atomic E-state index is 13.4. The molecule has 1 saturated heterocycles. The van der Waals surface area contributed by atoms with Crippen LogP contribution in [0, 0.1) is 12.7 Å². The molecule has 1 unspecified atom stereocenters. The summed E-state index contributed by atoms with van der Waals surface area (Å²) < 4.78 is 45.6. The Hall–Kier alpha value is -2.04. The first-order valence-electron chi connectivity index (χ1n) is 7.67. The van der Waals surface area contributed by atoms with Crippen LogP contribution < -0.4 is 10.6 Å². The number of nitrogens with zero attached hydrogens (tertiary/aromatic N) is 1. The van der Waals surface area contributed by atoms with Gasteiger partial charge >= 0.3 is 11.8 Å². The van der Waals surface area contributed by atoms with Crippen molar-refractivity contribution >= 4 is 21.8 Å². The van der Waals surface area contributed by atoms with E-state index >= 15 is 0 Å². The number of sulfonamides is 1. The second-order valence-corrected chi connectivity index (χ2v) is 7.39. The minimum atomic E-state index is -3.93. The molecule has 0 bridgehead atoms. The highest BCUT2D eigenvalue weighted by atomic mass is 32.2. The number of aryl methyl sites for hydroxylation is 1. The Morgan fingerprint density at radius 1 is 1.36 bits per heavy atom. The summed E-state index contributed by atoms with van der Waals surface area (Å²) in [6, 6.07) is 3.53. The van der Waals surface area contributed by atoms with E-state index in [1.807, 2.05) is 0 Å².